The van der Waals surface area contributed by atoms with E-state index in [1.165, 1.54) is 0 Å². The van der Waals surface area contributed by atoms with Crippen LogP contribution in [0, 0.1) is 11.8 Å². The van der Waals surface area contributed by atoms with Gasteiger partial charge in [-0.05, 0) is 37.8 Å². The molecule has 0 saturated heterocycles. The van der Waals surface area contributed by atoms with Crippen molar-refractivity contribution in [2.75, 3.05) is 0 Å². The Balaban J connectivity index is 2.40. The van der Waals surface area contributed by atoms with Gasteiger partial charge in [-0.25, -0.2) is 0 Å². The van der Waals surface area contributed by atoms with Crippen LogP contribution >= 0.6 is 0 Å². The molecule has 0 saturated carbocycles. The third kappa shape index (κ3) is 8.89. The summed E-state index contributed by atoms with van der Waals surface area (Å²) < 4.78 is 5.60. The van der Waals surface area contributed by atoms with Gasteiger partial charge in [0.2, 0.25) is 0 Å². The lowest BCUT2D eigenvalue weighted by atomic mass is 9.98. The molecule has 27 heavy (non-hydrogen) atoms. The molecule has 0 bridgehead atoms. The third-order valence-electron chi connectivity index (χ3n) is 4.21. The van der Waals surface area contributed by atoms with E-state index in [1.54, 1.807) is 12.1 Å². The van der Waals surface area contributed by atoms with Crippen molar-refractivity contribution in [2.45, 2.75) is 51.4 Å². The molecule has 0 spiro atoms. The van der Waals surface area contributed by atoms with Crippen molar-refractivity contribution in [2.24, 2.45) is 11.8 Å². The summed E-state index contributed by atoms with van der Waals surface area (Å²) >= 11 is 0. The number of carboxylic acid groups (broad SMARTS) is 4. The number of carbonyl (C=O) groups is 4. The van der Waals surface area contributed by atoms with Crippen LogP contribution in [0.2, 0.25) is 0 Å². The SMILES string of the molecule is O=C(O)CC(CCCc1ccc(CCCC(CC(=O)O)C(=O)O)o1)C(=O)O. The maximum absolute atomic E-state index is 11.0. The predicted molar refractivity (Wildman–Crippen MR) is 91.3 cm³/mol. The summed E-state index contributed by atoms with van der Waals surface area (Å²) in [7, 11) is 0. The van der Waals surface area contributed by atoms with Crippen LogP contribution in [0.25, 0.3) is 0 Å². The van der Waals surface area contributed by atoms with Gasteiger partial charge >= 0.3 is 23.9 Å². The Morgan fingerprint density at radius 2 is 1.11 bits per heavy atom. The molecule has 0 aliphatic rings. The fourth-order valence-corrected chi connectivity index (χ4v) is 2.78. The molecule has 0 aromatic carbocycles. The topological polar surface area (TPSA) is 162 Å². The van der Waals surface area contributed by atoms with E-state index in [1.807, 2.05) is 0 Å². The van der Waals surface area contributed by atoms with Crippen molar-refractivity contribution in [3.05, 3.63) is 23.7 Å². The molecule has 1 aromatic rings. The van der Waals surface area contributed by atoms with Gasteiger partial charge in [0.15, 0.2) is 0 Å². The second kappa shape index (κ2) is 11.0. The zero-order valence-electron chi connectivity index (χ0n) is 14.8. The molecule has 9 nitrogen and oxygen atoms in total. The molecule has 4 N–H and O–H groups in total. The summed E-state index contributed by atoms with van der Waals surface area (Å²) in [6.45, 7) is 0. The first-order valence-corrected chi connectivity index (χ1v) is 8.65. The van der Waals surface area contributed by atoms with Crippen LogP contribution in [-0.2, 0) is 32.0 Å². The first kappa shape index (κ1) is 22.2. The fraction of sp³-hybridized carbons (Fsp3) is 0.556. The van der Waals surface area contributed by atoms with Gasteiger partial charge in [0.1, 0.15) is 11.5 Å². The first-order chi connectivity index (χ1) is 12.7. The number of furan rings is 1. The average molecular weight is 384 g/mol. The van der Waals surface area contributed by atoms with Crippen LogP contribution in [0.1, 0.15) is 50.0 Å². The van der Waals surface area contributed by atoms with Gasteiger partial charge in [-0.2, -0.15) is 0 Å². The Labute approximate surface area is 155 Å². The molecule has 2 unspecified atom stereocenters. The Kier molecular flexibility index (Phi) is 9.04. The minimum absolute atomic E-state index is 0.229. The summed E-state index contributed by atoms with van der Waals surface area (Å²) in [4.78, 5) is 43.3. The van der Waals surface area contributed by atoms with E-state index in [9.17, 15) is 19.2 Å². The largest absolute Gasteiger partial charge is 0.481 e. The molecular formula is C18H24O9. The van der Waals surface area contributed by atoms with E-state index < -0.39 is 48.6 Å². The highest BCUT2D eigenvalue weighted by Crippen LogP contribution is 2.19. The van der Waals surface area contributed by atoms with Gasteiger partial charge in [-0.15, -0.1) is 0 Å². The van der Waals surface area contributed by atoms with Crippen LogP contribution in [0.5, 0.6) is 0 Å². The molecule has 1 heterocycles. The van der Waals surface area contributed by atoms with E-state index in [4.69, 9.17) is 24.8 Å². The van der Waals surface area contributed by atoms with Crippen molar-refractivity contribution >= 4 is 23.9 Å². The van der Waals surface area contributed by atoms with Crippen molar-refractivity contribution in [3.8, 4) is 0 Å². The second-order valence-electron chi connectivity index (χ2n) is 6.42. The van der Waals surface area contributed by atoms with E-state index in [2.05, 4.69) is 0 Å². The lowest BCUT2D eigenvalue weighted by Gasteiger charge is -2.09. The minimum atomic E-state index is -1.15. The summed E-state index contributed by atoms with van der Waals surface area (Å²) in [6.07, 6.45) is 1.51. The van der Waals surface area contributed by atoms with Crippen LogP contribution in [0.3, 0.4) is 0 Å². The quantitative estimate of drug-likeness (QED) is 0.377. The molecule has 1 rings (SSSR count). The van der Waals surface area contributed by atoms with Crippen molar-refractivity contribution < 1.29 is 44.0 Å². The number of carboxylic acids is 4. The number of rotatable bonds is 14. The fourth-order valence-electron chi connectivity index (χ4n) is 2.78. The Hall–Kier alpha value is -2.84. The third-order valence-corrected chi connectivity index (χ3v) is 4.21. The maximum Gasteiger partial charge on any atom is 0.307 e. The molecular weight excluding hydrogens is 360 g/mol. The average Bonchev–Trinajstić information content (AvgIpc) is 2.99. The molecule has 150 valence electrons. The lowest BCUT2D eigenvalue weighted by Crippen LogP contribution is -2.18. The van der Waals surface area contributed by atoms with E-state index in [0.717, 1.165) is 0 Å². The van der Waals surface area contributed by atoms with Gasteiger partial charge in [-0.3, -0.25) is 19.2 Å². The highest BCUT2D eigenvalue weighted by atomic mass is 16.4. The zero-order valence-corrected chi connectivity index (χ0v) is 14.8. The van der Waals surface area contributed by atoms with Crippen LogP contribution in [0.4, 0.5) is 0 Å². The van der Waals surface area contributed by atoms with Gasteiger partial charge in [-0.1, -0.05) is 0 Å². The van der Waals surface area contributed by atoms with Crippen LogP contribution in [-0.4, -0.2) is 44.3 Å². The predicted octanol–water partition coefficient (Wildman–Crippen LogP) is 2.28. The molecule has 0 fully saturated rings. The number of aryl methyl sites for hydroxylation is 2. The molecule has 1 aromatic heterocycles. The Morgan fingerprint density at radius 3 is 1.41 bits per heavy atom. The normalized spacial score (nSPS) is 13.0. The highest BCUT2D eigenvalue weighted by molar-refractivity contribution is 5.78. The molecule has 2 atom stereocenters. The highest BCUT2D eigenvalue weighted by Gasteiger charge is 2.21. The summed E-state index contributed by atoms with van der Waals surface area (Å²) in [5.41, 5.74) is 0. The van der Waals surface area contributed by atoms with E-state index >= 15 is 0 Å². The van der Waals surface area contributed by atoms with Crippen molar-refractivity contribution in [1.82, 2.24) is 0 Å². The van der Waals surface area contributed by atoms with E-state index in [-0.39, 0.29) is 12.8 Å². The first-order valence-electron chi connectivity index (χ1n) is 8.65. The Bertz CT molecular complexity index is 607. The van der Waals surface area contributed by atoms with Crippen molar-refractivity contribution in [3.63, 3.8) is 0 Å². The summed E-state index contributed by atoms with van der Waals surface area (Å²) in [5, 5.41) is 35.4. The minimum Gasteiger partial charge on any atom is -0.481 e. The van der Waals surface area contributed by atoms with Gasteiger partial charge < -0.3 is 24.8 Å². The smallest absolute Gasteiger partial charge is 0.307 e. The monoisotopic (exact) mass is 384 g/mol. The summed E-state index contributed by atoms with van der Waals surface area (Å²) in [6, 6.07) is 3.49. The molecule has 0 radical (unpaired) electrons. The van der Waals surface area contributed by atoms with Gasteiger partial charge in [0.05, 0.1) is 24.7 Å². The Morgan fingerprint density at radius 1 is 0.741 bits per heavy atom. The number of aliphatic carboxylic acids is 4. The van der Waals surface area contributed by atoms with Crippen molar-refractivity contribution in [1.29, 1.82) is 0 Å². The second-order valence-corrected chi connectivity index (χ2v) is 6.42. The van der Waals surface area contributed by atoms with E-state index in [0.29, 0.717) is 37.2 Å². The molecule has 0 amide bonds. The lowest BCUT2D eigenvalue weighted by molar-refractivity contribution is -0.148. The molecule has 9 heteroatoms. The maximum atomic E-state index is 11.0. The standard InChI is InChI=1S/C18H24O9/c19-15(20)9-11(17(23)24)3-1-5-13-7-8-14(27-13)6-2-4-12(18(25)26)10-16(21)22/h7-8,11-12H,1-6,9-10H2,(H,19,20)(H,21,22)(H,23,24)(H,25,26). The number of hydrogen-bond acceptors (Lipinski definition) is 5. The zero-order chi connectivity index (χ0) is 20.4. The number of hydrogen-bond donors (Lipinski definition) is 4. The van der Waals surface area contributed by atoms with Gasteiger partial charge in [0, 0.05) is 12.8 Å². The molecule has 0 aliphatic heterocycles. The summed E-state index contributed by atoms with van der Waals surface area (Å²) in [5.74, 6) is -5.14. The molecule has 0 aliphatic carbocycles. The van der Waals surface area contributed by atoms with Crippen LogP contribution in [0.15, 0.2) is 16.5 Å². The van der Waals surface area contributed by atoms with Gasteiger partial charge in [0.25, 0.3) is 0 Å². The van der Waals surface area contributed by atoms with Crippen LogP contribution < -0.4 is 0 Å².